The molecule has 0 spiro atoms. The Balaban J connectivity index is 1.49. The first kappa shape index (κ1) is 20.6. The van der Waals surface area contributed by atoms with Crippen LogP contribution in [0.3, 0.4) is 0 Å². The number of hydrogen-bond acceptors (Lipinski definition) is 6. The molecule has 0 radical (unpaired) electrons. The predicted octanol–water partition coefficient (Wildman–Crippen LogP) is 2.46. The maximum atomic E-state index is 13.8. The van der Waals surface area contributed by atoms with Gasteiger partial charge in [0.05, 0.1) is 18.1 Å². The fourth-order valence-corrected chi connectivity index (χ4v) is 4.71. The average Bonchev–Trinajstić information content (AvgIpc) is 2.93. The molecule has 1 N–H and O–H groups in total. The van der Waals surface area contributed by atoms with Gasteiger partial charge in [-0.05, 0) is 25.0 Å². The van der Waals surface area contributed by atoms with E-state index in [0.717, 1.165) is 49.3 Å². The van der Waals surface area contributed by atoms with E-state index >= 15 is 0 Å². The normalized spacial score (nSPS) is 15.5. The summed E-state index contributed by atoms with van der Waals surface area (Å²) in [6.45, 7) is 2.03. The highest BCUT2D eigenvalue weighted by Gasteiger charge is 2.20. The van der Waals surface area contributed by atoms with Crippen molar-refractivity contribution < 1.29 is 17.2 Å². The van der Waals surface area contributed by atoms with Crippen molar-refractivity contribution in [2.75, 3.05) is 24.5 Å². The fraction of sp³-hybridized carbons (Fsp3) is 0.421. The van der Waals surface area contributed by atoms with E-state index < -0.39 is 26.6 Å². The van der Waals surface area contributed by atoms with Crippen molar-refractivity contribution in [3.8, 4) is 0 Å². The Hall–Kier alpha value is -2.66. The summed E-state index contributed by atoms with van der Waals surface area (Å²) in [5, 5.41) is 5.14. The van der Waals surface area contributed by atoms with Crippen molar-refractivity contribution in [3.63, 3.8) is 0 Å². The van der Waals surface area contributed by atoms with Crippen molar-refractivity contribution in [3.05, 3.63) is 42.4 Å². The molecule has 1 fully saturated rings. The summed E-state index contributed by atoms with van der Waals surface area (Å²) in [4.78, 5) is 10.4. The minimum Gasteiger partial charge on any atom is -0.356 e. The van der Waals surface area contributed by atoms with Gasteiger partial charge in [-0.15, -0.1) is 0 Å². The Morgan fingerprint density at radius 1 is 1.07 bits per heavy atom. The van der Waals surface area contributed by atoms with Crippen LogP contribution >= 0.6 is 0 Å². The zero-order chi connectivity index (χ0) is 21.1. The monoisotopic (exact) mass is 436 g/mol. The van der Waals surface area contributed by atoms with Gasteiger partial charge in [-0.1, -0.05) is 12.8 Å². The molecule has 1 aliphatic rings. The molecular weight excluding hydrogens is 414 g/mol. The second kappa shape index (κ2) is 8.60. The maximum absolute atomic E-state index is 13.8. The van der Waals surface area contributed by atoms with Crippen LogP contribution < -0.4 is 9.62 Å². The molecule has 11 heteroatoms. The van der Waals surface area contributed by atoms with Gasteiger partial charge in [-0.2, -0.15) is 5.10 Å². The first-order valence-electron chi connectivity index (χ1n) is 9.82. The fourth-order valence-electron chi connectivity index (χ4n) is 3.64. The van der Waals surface area contributed by atoms with Crippen LogP contribution in [0.5, 0.6) is 0 Å². The Labute approximate surface area is 173 Å². The summed E-state index contributed by atoms with van der Waals surface area (Å²) >= 11 is 0. The SMILES string of the molecule is O=S(=O)(NCCn1ncc2c(N3CCCCCC3)ncnc21)c1ccc(F)cc1F. The van der Waals surface area contributed by atoms with E-state index in [1.54, 1.807) is 10.9 Å². The molecule has 1 saturated heterocycles. The third-order valence-electron chi connectivity index (χ3n) is 5.12. The van der Waals surface area contributed by atoms with Gasteiger partial charge in [0.15, 0.2) is 5.65 Å². The van der Waals surface area contributed by atoms with Gasteiger partial charge >= 0.3 is 0 Å². The zero-order valence-electron chi connectivity index (χ0n) is 16.3. The van der Waals surface area contributed by atoms with Crippen LogP contribution in [0.1, 0.15) is 25.7 Å². The number of halogens is 2. The van der Waals surface area contributed by atoms with E-state index in [9.17, 15) is 17.2 Å². The van der Waals surface area contributed by atoms with Crippen molar-refractivity contribution in [1.29, 1.82) is 0 Å². The topological polar surface area (TPSA) is 93.0 Å². The lowest BCUT2D eigenvalue weighted by atomic mass is 10.2. The van der Waals surface area contributed by atoms with Gasteiger partial charge in [0.2, 0.25) is 10.0 Å². The molecule has 0 amide bonds. The predicted molar refractivity (Wildman–Crippen MR) is 108 cm³/mol. The smallest absolute Gasteiger partial charge is 0.243 e. The molecule has 1 aromatic carbocycles. The van der Waals surface area contributed by atoms with E-state index in [-0.39, 0.29) is 13.1 Å². The van der Waals surface area contributed by atoms with E-state index in [4.69, 9.17) is 0 Å². The van der Waals surface area contributed by atoms with E-state index in [1.165, 1.54) is 19.2 Å². The number of anilines is 1. The quantitative estimate of drug-likeness (QED) is 0.638. The molecule has 1 aliphatic heterocycles. The molecule has 0 unspecified atom stereocenters. The Morgan fingerprint density at radius 2 is 1.83 bits per heavy atom. The molecule has 0 bridgehead atoms. The summed E-state index contributed by atoms with van der Waals surface area (Å²) in [6, 6.07) is 2.34. The van der Waals surface area contributed by atoms with Crippen LogP contribution in [-0.4, -0.2) is 47.8 Å². The molecule has 2 aromatic heterocycles. The highest BCUT2D eigenvalue weighted by atomic mass is 32.2. The molecule has 4 rings (SSSR count). The first-order valence-corrected chi connectivity index (χ1v) is 11.3. The summed E-state index contributed by atoms with van der Waals surface area (Å²) in [7, 11) is -4.12. The van der Waals surface area contributed by atoms with Gasteiger partial charge in [0.1, 0.15) is 28.7 Å². The number of sulfonamides is 1. The van der Waals surface area contributed by atoms with Gasteiger partial charge in [0.25, 0.3) is 0 Å². The van der Waals surface area contributed by atoms with Gasteiger partial charge in [-0.3, -0.25) is 0 Å². The Kier molecular flexibility index (Phi) is 5.91. The number of hydrogen-bond donors (Lipinski definition) is 1. The van der Waals surface area contributed by atoms with Gasteiger partial charge in [-0.25, -0.2) is 36.6 Å². The van der Waals surface area contributed by atoms with Gasteiger partial charge < -0.3 is 4.90 Å². The van der Waals surface area contributed by atoms with E-state index in [2.05, 4.69) is 24.7 Å². The van der Waals surface area contributed by atoms with Crippen molar-refractivity contribution in [2.45, 2.75) is 37.1 Å². The highest BCUT2D eigenvalue weighted by molar-refractivity contribution is 7.89. The molecular formula is C19H22F2N6O2S. The highest BCUT2D eigenvalue weighted by Crippen LogP contribution is 2.25. The minimum absolute atomic E-state index is 0.0288. The summed E-state index contributed by atoms with van der Waals surface area (Å²) < 4.78 is 55.4. The van der Waals surface area contributed by atoms with Crippen LogP contribution in [0.25, 0.3) is 11.0 Å². The number of fused-ring (bicyclic) bond motifs is 1. The lowest BCUT2D eigenvalue weighted by Crippen LogP contribution is -2.28. The number of nitrogens with zero attached hydrogens (tertiary/aromatic N) is 5. The van der Waals surface area contributed by atoms with Crippen molar-refractivity contribution in [2.24, 2.45) is 0 Å². The number of aromatic nitrogens is 4. The van der Waals surface area contributed by atoms with Crippen LogP contribution in [0.15, 0.2) is 35.6 Å². The summed E-state index contributed by atoms with van der Waals surface area (Å²) in [5.41, 5.74) is 0.608. The third-order valence-corrected chi connectivity index (χ3v) is 6.61. The standard InChI is InChI=1S/C19H22F2N6O2S/c20-14-5-6-17(16(21)11-14)30(28,29)25-7-10-27-19-15(12-24-27)18(22-13-23-19)26-8-3-1-2-4-9-26/h5-6,11-13,25H,1-4,7-10H2. The van der Waals surface area contributed by atoms with Crippen molar-refractivity contribution in [1.82, 2.24) is 24.5 Å². The molecule has 3 aromatic rings. The van der Waals surface area contributed by atoms with Crippen LogP contribution in [0, 0.1) is 11.6 Å². The molecule has 0 aliphatic carbocycles. The van der Waals surface area contributed by atoms with E-state index in [0.29, 0.717) is 11.7 Å². The molecule has 0 saturated carbocycles. The van der Waals surface area contributed by atoms with Crippen LogP contribution in [0.4, 0.5) is 14.6 Å². The molecule has 160 valence electrons. The van der Waals surface area contributed by atoms with Crippen LogP contribution in [0.2, 0.25) is 0 Å². The molecule has 30 heavy (non-hydrogen) atoms. The Morgan fingerprint density at radius 3 is 2.57 bits per heavy atom. The molecule has 0 atom stereocenters. The average molecular weight is 436 g/mol. The largest absolute Gasteiger partial charge is 0.356 e. The second-order valence-electron chi connectivity index (χ2n) is 7.18. The number of benzene rings is 1. The number of nitrogens with one attached hydrogen (secondary N) is 1. The lowest BCUT2D eigenvalue weighted by molar-refractivity contribution is 0.537. The lowest BCUT2D eigenvalue weighted by Gasteiger charge is -2.21. The minimum atomic E-state index is -4.12. The maximum Gasteiger partial charge on any atom is 0.243 e. The third kappa shape index (κ3) is 4.26. The molecule has 8 nitrogen and oxygen atoms in total. The zero-order valence-corrected chi connectivity index (χ0v) is 17.1. The van der Waals surface area contributed by atoms with E-state index in [1.807, 2.05) is 0 Å². The van der Waals surface area contributed by atoms with Crippen molar-refractivity contribution >= 4 is 26.9 Å². The second-order valence-corrected chi connectivity index (χ2v) is 8.91. The summed E-state index contributed by atoms with van der Waals surface area (Å²) in [5.74, 6) is -1.14. The van der Waals surface area contributed by atoms with Crippen LogP contribution in [-0.2, 0) is 16.6 Å². The Bertz CT molecular complexity index is 1140. The molecule has 3 heterocycles. The summed E-state index contributed by atoms with van der Waals surface area (Å²) in [6.07, 6.45) is 7.81. The number of rotatable bonds is 6. The first-order chi connectivity index (χ1) is 14.5. The van der Waals surface area contributed by atoms with Gasteiger partial charge in [0, 0.05) is 25.7 Å².